The van der Waals surface area contributed by atoms with Crippen LogP contribution in [-0.2, 0) is 0 Å². The highest BCUT2D eigenvalue weighted by Crippen LogP contribution is 2.16. The van der Waals surface area contributed by atoms with Gasteiger partial charge in [-0.1, -0.05) is 12.2 Å². The van der Waals surface area contributed by atoms with Gasteiger partial charge in [0.1, 0.15) is 0 Å². The van der Waals surface area contributed by atoms with Crippen LogP contribution in [0.2, 0.25) is 0 Å². The Balaban J connectivity index is 2.68. The van der Waals surface area contributed by atoms with Crippen LogP contribution in [0.5, 0.6) is 0 Å². The van der Waals surface area contributed by atoms with Crippen molar-refractivity contribution in [2.24, 2.45) is 0 Å². The summed E-state index contributed by atoms with van der Waals surface area (Å²) in [6.07, 6.45) is 5.06. The third-order valence-electron chi connectivity index (χ3n) is 1.48. The fourth-order valence-electron chi connectivity index (χ4n) is 0.846. The van der Waals surface area contributed by atoms with Crippen molar-refractivity contribution in [2.75, 3.05) is 6.61 Å². The highest BCUT2D eigenvalue weighted by molar-refractivity contribution is 5.32. The van der Waals surface area contributed by atoms with E-state index in [0.717, 1.165) is 12.0 Å². The smallest absolute Gasteiger partial charge is 0.0650 e. The molecule has 1 aliphatic rings. The van der Waals surface area contributed by atoms with Gasteiger partial charge in [-0.3, -0.25) is 0 Å². The van der Waals surface area contributed by atoms with E-state index in [-0.39, 0.29) is 6.61 Å². The lowest BCUT2D eigenvalue weighted by Crippen LogP contribution is -1.86. The van der Waals surface area contributed by atoms with Crippen LogP contribution in [0, 0.1) is 0 Å². The second kappa shape index (κ2) is 2.14. The third kappa shape index (κ3) is 0.819. The Kier molecular flexibility index (Phi) is 1.49. The summed E-state index contributed by atoms with van der Waals surface area (Å²) in [6, 6.07) is 0. The number of aliphatic hydroxyl groups is 1. The van der Waals surface area contributed by atoms with Crippen LogP contribution in [-0.4, -0.2) is 11.7 Å². The maximum absolute atomic E-state index is 8.64. The van der Waals surface area contributed by atoms with E-state index >= 15 is 0 Å². The van der Waals surface area contributed by atoms with E-state index in [4.69, 9.17) is 5.11 Å². The molecule has 1 aliphatic carbocycles. The van der Waals surface area contributed by atoms with Gasteiger partial charge in [0.2, 0.25) is 0 Å². The molecular weight excluding hydrogens is 100 g/mol. The fourth-order valence-corrected chi connectivity index (χ4v) is 0.846. The first-order chi connectivity index (χ1) is 3.84. The molecule has 1 rings (SSSR count). The van der Waals surface area contributed by atoms with Gasteiger partial charge in [0.25, 0.3) is 0 Å². The quantitative estimate of drug-likeness (QED) is 0.538. The molecule has 0 unspecified atom stereocenters. The average Bonchev–Trinajstić information content (AvgIpc) is 2.14. The highest BCUT2D eigenvalue weighted by atomic mass is 16.3. The molecule has 8 heavy (non-hydrogen) atoms. The molecule has 0 aromatic heterocycles. The van der Waals surface area contributed by atoms with E-state index in [1.807, 2.05) is 13.0 Å². The van der Waals surface area contributed by atoms with E-state index in [1.165, 1.54) is 5.57 Å². The maximum Gasteiger partial charge on any atom is 0.0650 e. The van der Waals surface area contributed by atoms with Gasteiger partial charge in [-0.25, -0.2) is 0 Å². The molecular formula is C7H10O. The summed E-state index contributed by atoms with van der Waals surface area (Å²) in [7, 11) is 0. The van der Waals surface area contributed by atoms with Gasteiger partial charge in [0.05, 0.1) is 6.61 Å². The Morgan fingerprint density at radius 3 is 2.75 bits per heavy atom. The van der Waals surface area contributed by atoms with Crippen molar-refractivity contribution in [1.82, 2.24) is 0 Å². The molecule has 0 saturated carbocycles. The molecule has 0 aromatic carbocycles. The molecule has 0 radical (unpaired) electrons. The summed E-state index contributed by atoms with van der Waals surface area (Å²) in [5, 5.41) is 8.64. The second-order valence-electron chi connectivity index (χ2n) is 2.05. The molecule has 0 saturated heterocycles. The van der Waals surface area contributed by atoms with Crippen molar-refractivity contribution in [2.45, 2.75) is 13.3 Å². The van der Waals surface area contributed by atoms with Crippen molar-refractivity contribution >= 4 is 0 Å². The first kappa shape index (κ1) is 5.57. The summed E-state index contributed by atoms with van der Waals surface area (Å²) in [5.74, 6) is 0. The molecule has 1 nitrogen and oxygen atoms in total. The molecule has 1 heteroatoms. The Morgan fingerprint density at radius 1 is 1.75 bits per heavy atom. The zero-order valence-corrected chi connectivity index (χ0v) is 5.02. The summed E-state index contributed by atoms with van der Waals surface area (Å²) >= 11 is 0. The van der Waals surface area contributed by atoms with Gasteiger partial charge in [-0.05, 0) is 24.5 Å². The predicted molar refractivity (Wildman–Crippen MR) is 33.5 cm³/mol. The van der Waals surface area contributed by atoms with E-state index in [2.05, 4.69) is 6.08 Å². The van der Waals surface area contributed by atoms with E-state index in [0.29, 0.717) is 0 Å². The first-order valence-corrected chi connectivity index (χ1v) is 2.80. The van der Waals surface area contributed by atoms with Gasteiger partial charge in [-0.2, -0.15) is 0 Å². The highest BCUT2D eigenvalue weighted by Gasteiger charge is 2.01. The summed E-state index contributed by atoms with van der Waals surface area (Å²) in [4.78, 5) is 0. The number of rotatable bonds is 1. The van der Waals surface area contributed by atoms with E-state index in [1.54, 1.807) is 0 Å². The Hall–Kier alpha value is -0.560. The lowest BCUT2D eigenvalue weighted by molar-refractivity contribution is 0.328. The van der Waals surface area contributed by atoms with Gasteiger partial charge >= 0.3 is 0 Å². The standard InChI is InChI=1S/C7H10O/c1-6-3-2-4-7(6)5-8/h2-3,8H,4-5H2,1H3. The van der Waals surface area contributed by atoms with Crippen molar-refractivity contribution < 1.29 is 5.11 Å². The van der Waals surface area contributed by atoms with Crippen LogP contribution in [0.1, 0.15) is 13.3 Å². The molecule has 0 bridgehead atoms. The molecule has 0 aliphatic heterocycles. The number of hydrogen-bond acceptors (Lipinski definition) is 1. The van der Waals surface area contributed by atoms with Gasteiger partial charge in [0, 0.05) is 0 Å². The molecule has 0 aromatic rings. The lowest BCUT2D eigenvalue weighted by Gasteiger charge is -1.94. The topological polar surface area (TPSA) is 20.2 Å². The fraction of sp³-hybridized carbons (Fsp3) is 0.429. The maximum atomic E-state index is 8.64. The van der Waals surface area contributed by atoms with Crippen LogP contribution in [0.25, 0.3) is 0 Å². The minimum atomic E-state index is 0.221. The molecule has 0 heterocycles. The lowest BCUT2D eigenvalue weighted by atomic mass is 10.2. The van der Waals surface area contributed by atoms with E-state index < -0.39 is 0 Å². The van der Waals surface area contributed by atoms with Gasteiger partial charge in [0.15, 0.2) is 0 Å². The second-order valence-corrected chi connectivity index (χ2v) is 2.05. The van der Waals surface area contributed by atoms with Crippen molar-refractivity contribution in [3.8, 4) is 0 Å². The van der Waals surface area contributed by atoms with E-state index in [9.17, 15) is 0 Å². The van der Waals surface area contributed by atoms with Crippen LogP contribution in [0.3, 0.4) is 0 Å². The van der Waals surface area contributed by atoms with Gasteiger partial charge in [-0.15, -0.1) is 0 Å². The van der Waals surface area contributed by atoms with Crippen molar-refractivity contribution in [3.63, 3.8) is 0 Å². The molecule has 0 fully saturated rings. The summed E-state index contributed by atoms with van der Waals surface area (Å²) in [6.45, 7) is 2.24. The number of allylic oxidation sites excluding steroid dienone is 3. The molecule has 44 valence electrons. The normalized spacial score (nSPS) is 18.2. The molecule has 0 amide bonds. The minimum Gasteiger partial charge on any atom is -0.392 e. The minimum absolute atomic E-state index is 0.221. The summed E-state index contributed by atoms with van der Waals surface area (Å²) < 4.78 is 0. The number of hydrogen-bond donors (Lipinski definition) is 1. The van der Waals surface area contributed by atoms with Crippen LogP contribution in [0.15, 0.2) is 23.3 Å². The van der Waals surface area contributed by atoms with Crippen molar-refractivity contribution in [3.05, 3.63) is 23.3 Å². The first-order valence-electron chi connectivity index (χ1n) is 2.80. The summed E-state index contributed by atoms with van der Waals surface area (Å²) in [5.41, 5.74) is 2.39. The SMILES string of the molecule is CC1=C(CO)CC=C1. The molecule has 0 atom stereocenters. The average molecular weight is 110 g/mol. The monoisotopic (exact) mass is 110 g/mol. The third-order valence-corrected chi connectivity index (χ3v) is 1.48. The number of aliphatic hydroxyl groups excluding tert-OH is 1. The van der Waals surface area contributed by atoms with Crippen LogP contribution < -0.4 is 0 Å². The van der Waals surface area contributed by atoms with Crippen molar-refractivity contribution in [1.29, 1.82) is 0 Å². The zero-order chi connectivity index (χ0) is 5.98. The Morgan fingerprint density at radius 2 is 2.50 bits per heavy atom. The Bertz CT molecular complexity index is 142. The largest absolute Gasteiger partial charge is 0.392 e. The zero-order valence-electron chi connectivity index (χ0n) is 5.02. The Labute approximate surface area is 49.3 Å². The molecule has 1 N–H and O–H groups in total. The van der Waals surface area contributed by atoms with Crippen LogP contribution in [0.4, 0.5) is 0 Å². The van der Waals surface area contributed by atoms with Gasteiger partial charge < -0.3 is 5.11 Å². The molecule has 0 spiro atoms. The predicted octanol–water partition coefficient (Wildman–Crippen LogP) is 1.26. The van der Waals surface area contributed by atoms with Crippen LogP contribution >= 0.6 is 0 Å².